The van der Waals surface area contributed by atoms with E-state index in [1.54, 1.807) is 15.5 Å². The minimum Gasteiger partial charge on any atom is -0.477 e. The summed E-state index contributed by atoms with van der Waals surface area (Å²) < 4.78 is 62.2. The van der Waals surface area contributed by atoms with E-state index in [1.807, 2.05) is 0 Å². The van der Waals surface area contributed by atoms with Crippen LogP contribution in [-0.4, -0.2) is 49.4 Å². The summed E-state index contributed by atoms with van der Waals surface area (Å²) in [4.78, 5) is 55.2. The van der Waals surface area contributed by atoms with Gasteiger partial charge in [-0.15, -0.1) is 0 Å². The van der Waals surface area contributed by atoms with Crippen molar-refractivity contribution in [1.82, 2.24) is 14.1 Å². The molecule has 14 heteroatoms. The lowest BCUT2D eigenvalue weighted by Crippen LogP contribution is -2.34. The van der Waals surface area contributed by atoms with Gasteiger partial charge in [-0.25, -0.2) is 32.1 Å². The summed E-state index contributed by atoms with van der Waals surface area (Å²) in [5.41, 5.74) is -2.77. The van der Waals surface area contributed by atoms with Gasteiger partial charge in [0.05, 0.1) is 16.6 Å². The normalized spacial score (nSPS) is 15.4. The number of anilines is 1. The molecular formula is C33H24F4N4O6. The quantitative estimate of drug-likeness (QED) is 0.235. The molecule has 1 saturated carbocycles. The van der Waals surface area contributed by atoms with Gasteiger partial charge in [0.1, 0.15) is 28.6 Å². The van der Waals surface area contributed by atoms with Gasteiger partial charge >= 0.3 is 11.9 Å². The third-order valence-corrected chi connectivity index (χ3v) is 8.87. The van der Waals surface area contributed by atoms with Crippen molar-refractivity contribution in [3.8, 4) is 5.69 Å². The first-order chi connectivity index (χ1) is 22.4. The molecule has 0 unspecified atom stereocenters. The third-order valence-electron chi connectivity index (χ3n) is 8.87. The maximum Gasteiger partial charge on any atom is 0.341 e. The summed E-state index contributed by atoms with van der Waals surface area (Å²) in [6, 6.07) is 6.07. The van der Waals surface area contributed by atoms with E-state index in [0.29, 0.717) is 30.0 Å². The van der Waals surface area contributed by atoms with Crippen LogP contribution < -0.4 is 15.8 Å². The van der Waals surface area contributed by atoms with Gasteiger partial charge in [0.15, 0.2) is 17.3 Å². The van der Waals surface area contributed by atoms with Crippen molar-refractivity contribution in [2.45, 2.75) is 37.6 Å². The fourth-order valence-electron chi connectivity index (χ4n) is 6.36. The molecule has 4 heterocycles. The smallest absolute Gasteiger partial charge is 0.341 e. The molecule has 7 rings (SSSR count). The molecule has 47 heavy (non-hydrogen) atoms. The molecule has 3 aromatic heterocycles. The van der Waals surface area contributed by atoms with E-state index in [0.717, 1.165) is 47.9 Å². The summed E-state index contributed by atoms with van der Waals surface area (Å²) in [5.74, 6) is -7.10. The molecule has 1 aliphatic heterocycles. The highest BCUT2D eigenvalue weighted by Crippen LogP contribution is 2.39. The standard InChI is InChI=1S/C33H24F4N4O6/c34-16-1-4-26(24(36)9-16)41-14-22(33(46)47)29(43)20-11-25(37)31(38-30(20)41)39-7-5-15(6-8-39)18-12-27-19(10-23(18)35)28(42)21(32(44)45)13-40(27)17-2-3-17/h1,4,9-15,17H,2-3,5-8H2,(H,44,45)(H,46,47). The molecule has 10 nitrogen and oxygen atoms in total. The first kappa shape index (κ1) is 30.1. The number of carboxylic acid groups (broad SMARTS) is 2. The Hall–Kier alpha value is -5.53. The van der Waals surface area contributed by atoms with E-state index in [-0.39, 0.29) is 47.6 Å². The lowest BCUT2D eigenvalue weighted by atomic mass is 9.88. The van der Waals surface area contributed by atoms with Crippen molar-refractivity contribution in [3.63, 3.8) is 0 Å². The Morgan fingerprint density at radius 3 is 2.04 bits per heavy atom. The lowest BCUT2D eigenvalue weighted by molar-refractivity contribution is 0.0684. The van der Waals surface area contributed by atoms with Crippen LogP contribution in [0.15, 0.2) is 58.4 Å². The molecule has 1 saturated heterocycles. The number of hydrogen-bond donors (Lipinski definition) is 2. The Bertz CT molecular complexity index is 2290. The summed E-state index contributed by atoms with van der Waals surface area (Å²) in [7, 11) is 0. The maximum absolute atomic E-state index is 15.5. The number of aromatic nitrogens is 3. The molecule has 0 amide bonds. The van der Waals surface area contributed by atoms with E-state index < -0.39 is 62.6 Å². The second-order valence-corrected chi connectivity index (χ2v) is 11.8. The number of hydrogen-bond acceptors (Lipinski definition) is 6. The Morgan fingerprint density at radius 2 is 1.40 bits per heavy atom. The maximum atomic E-state index is 15.5. The summed E-state index contributed by atoms with van der Waals surface area (Å²) in [5, 5.41) is 18.6. The second-order valence-electron chi connectivity index (χ2n) is 11.8. The number of carboxylic acids is 2. The molecule has 2 aromatic carbocycles. The summed E-state index contributed by atoms with van der Waals surface area (Å²) >= 11 is 0. The molecular weight excluding hydrogens is 624 g/mol. The predicted molar refractivity (Wildman–Crippen MR) is 162 cm³/mol. The highest BCUT2D eigenvalue weighted by molar-refractivity contribution is 5.93. The minimum absolute atomic E-state index is 0.00525. The Labute approximate surface area is 261 Å². The predicted octanol–water partition coefficient (Wildman–Crippen LogP) is 5.37. The molecule has 1 aliphatic carbocycles. The van der Waals surface area contributed by atoms with Crippen molar-refractivity contribution in [2.75, 3.05) is 18.0 Å². The SMILES string of the molecule is O=C(O)c1cn(-c2ccc(F)cc2F)c2nc(N3CCC(c4cc5c(cc4F)c(=O)c(C(=O)O)cn5C4CC4)CC3)c(F)cc2c1=O. The zero-order valence-electron chi connectivity index (χ0n) is 24.3. The molecule has 0 spiro atoms. The van der Waals surface area contributed by atoms with Gasteiger partial charge in [0, 0.05) is 43.0 Å². The van der Waals surface area contributed by atoms with Gasteiger partial charge in [-0.3, -0.25) is 14.2 Å². The van der Waals surface area contributed by atoms with Gasteiger partial charge in [0.2, 0.25) is 10.9 Å². The van der Waals surface area contributed by atoms with Crippen LogP contribution in [0, 0.1) is 23.3 Å². The van der Waals surface area contributed by atoms with Gasteiger partial charge in [-0.2, -0.15) is 0 Å². The topological polar surface area (TPSA) is 135 Å². The average Bonchev–Trinajstić information content (AvgIpc) is 3.87. The van der Waals surface area contributed by atoms with Crippen LogP contribution in [0.4, 0.5) is 23.4 Å². The molecule has 0 atom stereocenters. The first-order valence-electron chi connectivity index (χ1n) is 14.7. The van der Waals surface area contributed by atoms with E-state index >= 15 is 8.78 Å². The van der Waals surface area contributed by atoms with Crippen LogP contribution in [0.1, 0.15) is 63.9 Å². The second kappa shape index (κ2) is 11.1. The first-order valence-corrected chi connectivity index (χ1v) is 14.7. The average molecular weight is 649 g/mol. The highest BCUT2D eigenvalue weighted by Gasteiger charge is 2.31. The Morgan fingerprint density at radius 1 is 0.766 bits per heavy atom. The van der Waals surface area contributed by atoms with Crippen LogP contribution >= 0.6 is 0 Å². The molecule has 0 radical (unpaired) electrons. The largest absolute Gasteiger partial charge is 0.477 e. The van der Waals surface area contributed by atoms with Gasteiger partial charge in [-0.1, -0.05) is 0 Å². The van der Waals surface area contributed by atoms with Crippen LogP contribution in [0.3, 0.4) is 0 Å². The number of fused-ring (bicyclic) bond motifs is 2. The molecule has 5 aromatic rings. The van der Waals surface area contributed by atoms with Crippen molar-refractivity contribution < 1.29 is 37.4 Å². The van der Waals surface area contributed by atoms with Crippen molar-refractivity contribution >= 4 is 39.7 Å². The van der Waals surface area contributed by atoms with Crippen LogP contribution in [0.5, 0.6) is 0 Å². The Kier molecular flexibility index (Phi) is 7.10. The molecule has 0 bridgehead atoms. The third kappa shape index (κ3) is 5.09. The number of carbonyl (C=O) groups is 2. The number of halogens is 4. The monoisotopic (exact) mass is 648 g/mol. The zero-order valence-corrected chi connectivity index (χ0v) is 24.3. The fraction of sp³-hybridized carbons (Fsp3) is 0.242. The number of pyridine rings is 3. The number of nitrogens with zero attached hydrogens (tertiary/aromatic N) is 4. The van der Waals surface area contributed by atoms with Gasteiger partial charge in [-0.05, 0) is 67.5 Å². The number of piperidine rings is 1. The molecule has 240 valence electrons. The van der Waals surface area contributed by atoms with Crippen molar-refractivity contribution in [2.24, 2.45) is 0 Å². The van der Waals surface area contributed by atoms with E-state index in [9.17, 15) is 38.2 Å². The highest BCUT2D eigenvalue weighted by atomic mass is 19.1. The summed E-state index contributed by atoms with van der Waals surface area (Å²) in [6.45, 7) is 0.376. The lowest BCUT2D eigenvalue weighted by Gasteiger charge is -2.33. The molecule has 2 aliphatic rings. The van der Waals surface area contributed by atoms with Gasteiger partial charge < -0.3 is 19.7 Å². The van der Waals surface area contributed by atoms with E-state index in [4.69, 9.17) is 0 Å². The number of benzene rings is 2. The van der Waals surface area contributed by atoms with E-state index in [2.05, 4.69) is 4.98 Å². The van der Waals surface area contributed by atoms with Crippen LogP contribution in [0.2, 0.25) is 0 Å². The zero-order chi connectivity index (χ0) is 33.3. The summed E-state index contributed by atoms with van der Waals surface area (Å²) in [6.07, 6.45) is 4.42. The fourth-order valence-corrected chi connectivity index (χ4v) is 6.36. The van der Waals surface area contributed by atoms with E-state index in [1.165, 1.54) is 6.20 Å². The number of aromatic carboxylic acids is 2. The van der Waals surface area contributed by atoms with Crippen LogP contribution in [0.25, 0.3) is 27.6 Å². The van der Waals surface area contributed by atoms with Crippen molar-refractivity contribution in [3.05, 3.63) is 109 Å². The van der Waals surface area contributed by atoms with Crippen molar-refractivity contribution in [1.29, 1.82) is 0 Å². The number of rotatable bonds is 6. The van der Waals surface area contributed by atoms with Gasteiger partial charge in [0.25, 0.3) is 0 Å². The molecule has 2 fully saturated rings. The molecule has 2 N–H and O–H groups in total. The Balaban J connectivity index is 1.25. The van der Waals surface area contributed by atoms with Crippen LogP contribution in [-0.2, 0) is 0 Å². The minimum atomic E-state index is -1.63.